The van der Waals surface area contributed by atoms with E-state index in [1.165, 1.54) is 10.5 Å². The number of likely N-dealkylation sites (tertiary alicyclic amines) is 1. The average Bonchev–Trinajstić information content (AvgIpc) is 3.29. The monoisotopic (exact) mass is 446 g/mol. The maximum Gasteiger partial charge on any atom is 0.324 e. The number of carbonyl (C=O) groups is 4. The maximum atomic E-state index is 12.7. The van der Waals surface area contributed by atoms with Gasteiger partial charge in [0.05, 0.1) is 6.54 Å². The van der Waals surface area contributed by atoms with E-state index in [4.69, 9.17) is 0 Å². The number of likely N-dealkylation sites (N-methyl/N-ethyl adjacent to an activating group) is 1. The van der Waals surface area contributed by atoms with Crippen molar-refractivity contribution in [1.29, 1.82) is 0 Å². The summed E-state index contributed by atoms with van der Waals surface area (Å²) >= 11 is 0. The van der Waals surface area contributed by atoms with Gasteiger partial charge in [-0.15, -0.1) is 0 Å². The van der Waals surface area contributed by atoms with Crippen molar-refractivity contribution in [3.63, 3.8) is 0 Å². The Labute approximate surface area is 191 Å². The number of benzene rings is 2. The Hall–Kier alpha value is -3.68. The Kier molecular flexibility index (Phi) is 5.15. The Bertz CT molecular complexity index is 1150. The van der Waals surface area contributed by atoms with Crippen LogP contribution in [0.5, 0.6) is 0 Å². The number of carbonyl (C=O) groups excluding carboxylic acids is 4. The third kappa shape index (κ3) is 3.75. The minimum atomic E-state index is -0.894. The number of imide groups is 1. The van der Waals surface area contributed by atoms with Crippen LogP contribution in [0.15, 0.2) is 48.5 Å². The highest BCUT2D eigenvalue weighted by Crippen LogP contribution is 2.38. The SMILES string of the molecule is CN1C(=O)NC(=O)[C@@]12Cc1ccc(NC(=O)CN3C[C@H](c4ccccc4)CCC3=O)cc1C2. The van der Waals surface area contributed by atoms with Crippen molar-refractivity contribution in [3.05, 3.63) is 65.2 Å². The zero-order valence-corrected chi connectivity index (χ0v) is 18.5. The summed E-state index contributed by atoms with van der Waals surface area (Å²) in [4.78, 5) is 52.7. The number of nitrogens with one attached hydrogen (secondary N) is 2. The van der Waals surface area contributed by atoms with Crippen molar-refractivity contribution in [2.24, 2.45) is 0 Å². The van der Waals surface area contributed by atoms with Crippen LogP contribution in [0.2, 0.25) is 0 Å². The normalized spacial score (nSPS) is 24.3. The van der Waals surface area contributed by atoms with E-state index in [9.17, 15) is 19.2 Å². The molecule has 2 fully saturated rings. The van der Waals surface area contributed by atoms with Gasteiger partial charge in [0.1, 0.15) is 5.54 Å². The third-order valence-electron chi connectivity index (χ3n) is 7.15. The number of hydrogen-bond donors (Lipinski definition) is 2. The highest BCUT2D eigenvalue weighted by Gasteiger charge is 2.54. The fourth-order valence-corrected chi connectivity index (χ4v) is 5.21. The van der Waals surface area contributed by atoms with Crippen molar-refractivity contribution in [2.45, 2.75) is 37.1 Å². The zero-order chi connectivity index (χ0) is 23.2. The van der Waals surface area contributed by atoms with E-state index in [2.05, 4.69) is 22.8 Å². The van der Waals surface area contributed by atoms with E-state index in [0.717, 1.165) is 17.5 Å². The summed E-state index contributed by atoms with van der Waals surface area (Å²) in [5.74, 6) is -0.317. The quantitative estimate of drug-likeness (QED) is 0.703. The first-order valence-electron chi connectivity index (χ1n) is 11.2. The highest BCUT2D eigenvalue weighted by atomic mass is 16.2. The molecular formula is C25H26N4O4. The van der Waals surface area contributed by atoms with Gasteiger partial charge in [0, 0.05) is 44.5 Å². The second-order valence-electron chi connectivity index (χ2n) is 9.16. The van der Waals surface area contributed by atoms with Crippen LogP contribution >= 0.6 is 0 Å². The minimum Gasteiger partial charge on any atom is -0.333 e. The number of hydrogen-bond acceptors (Lipinski definition) is 4. The molecule has 33 heavy (non-hydrogen) atoms. The molecule has 8 nitrogen and oxygen atoms in total. The van der Waals surface area contributed by atoms with E-state index < -0.39 is 5.54 Å². The molecule has 1 aliphatic carbocycles. The van der Waals surface area contributed by atoms with Crippen LogP contribution in [-0.2, 0) is 27.2 Å². The Balaban J connectivity index is 1.24. The molecule has 2 saturated heterocycles. The summed E-state index contributed by atoms with van der Waals surface area (Å²) in [6.07, 6.45) is 2.08. The fraction of sp³-hybridized carbons (Fsp3) is 0.360. The van der Waals surface area contributed by atoms with Crippen LogP contribution in [0, 0.1) is 0 Å². The van der Waals surface area contributed by atoms with Gasteiger partial charge in [-0.25, -0.2) is 4.79 Å². The lowest BCUT2D eigenvalue weighted by Gasteiger charge is -2.32. The highest BCUT2D eigenvalue weighted by molar-refractivity contribution is 6.07. The maximum absolute atomic E-state index is 12.7. The van der Waals surface area contributed by atoms with Crippen LogP contribution in [0.1, 0.15) is 35.4 Å². The molecule has 2 aliphatic heterocycles. The first-order chi connectivity index (χ1) is 15.9. The molecule has 170 valence electrons. The standard InChI is InChI=1S/C25H26N4O4/c1-28-24(33)27-23(32)25(28)12-17-7-9-20(11-19(17)13-25)26-21(30)15-29-14-18(8-10-22(29)31)16-5-3-2-4-6-16/h2-7,9,11,18H,8,10,12-15H2,1H3,(H,26,30)(H,27,32,33)/t18-,25+/m1/s1. The largest absolute Gasteiger partial charge is 0.333 e. The summed E-state index contributed by atoms with van der Waals surface area (Å²) in [6.45, 7) is 0.529. The van der Waals surface area contributed by atoms with Crippen LogP contribution in [0.25, 0.3) is 0 Å². The molecule has 0 radical (unpaired) electrons. The van der Waals surface area contributed by atoms with Crippen molar-refractivity contribution in [1.82, 2.24) is 15.1 Å². The predicted molar refractivity (Wildman–Crippen MR) is 122 cm³/mol. The number of fused-ring (bicyclic) bond motifs is 1. The van der Waals surface area contributed by atoms with Crippen molar-refractivity contribution < 1.29 is 19.2 Å². The summed E-state index contributed by atoms with van der Waals surface area (Å²) in [6, 6.07) is 15.2. The van der Waals surface area contributed by atoms with Gasteiger partial charge in [-0.05, 0) is 35.2 Å². The van der Waals surface area contributed by atoms with Gasteiger partial charge in [0.2, 0.25) is 11.8 Å². The number of piperidine rings is 1. The molecule has 3 aliphatic rings. The lowest BCUT2D eigenvalue weighted by molar-refractivity contribution is -0.137. The molecule has 2 aromatic carbocycles. The molecule has 5 rings (SSSR count). The number of nitrogens with zero attached hydrogens (tertiary/aromatic N) is 2. The Morgan fingerprint density at radius 3 is 2.58 bits per heavy atom. The first-order valence-corrected chi connectivity index (χ1v) is 11.2. The first kappa shape index (κ1) is 21.2. The molecule has 0 bridgehead atoms. The van der Waals surface area contributed by atoms with E-state index in [1.54, 1.807) is 18.0 Å². The Morgan fingerprint density at radius 1 is 1.09 bits per heavy atom. The molecular weight excluding hydrogens is 420 g/mol. The molecule has 2 heterocycles. The van der Waals surface area contributed by atoms with Gasteiger partial charge in [-0.2, -0.15) is 0 Å². The van der Waals surface area contributed by atoms with Crippen molar-refractivity contribution in [3.8, 4) is 0 Å². The number of urea groups is 1. The van der Waals surface area contributed by atoms with Crippen LogP contribution < -0.4 is 10.6 Å². The van der Waals surface area contributed by atoms with Gasteiger partial charge in [0.25, 0.3) is 5.91 Å². The number of anilines is 1. The molecule has 1 spiro atoms. The average molecular weight is 447 g/mol. The van der Waals surface area contributed by atoms with E-state index >= 15 is 0 Å². The lowest BCUT2D eigenvalue weighted by Crippen LogP contribution is -2.48. The smallest absolute Gasteiger partial charge is 0.324 e. The van der Waals surface area contributed by atoms with Crippen molar-refractivity contribution in [2.75, 3.05) is 25.5 Å². The summed E-state index contributed by atoms with van der Waals surface area (Å²) < 4.78 is 0. The van der Waals surface area contributed by atoms with Gasteiger partial charge >= 0.3 is 6.03 Å². The molecule has 2 N–H and O–H groups in total. The second-order valence-corrected chi connectivity index (χ2v) is 9.16. The second kappa shape index (κ2) is 8.03. The van der Waals surface area contributed by atoms with Gasteiger partial charge in [-0.3, -0.25) is 19.7 Å². The lowest BCUT2D eigenvalue weighted by atomic mass is 9.90. The Morgan fingerprint density at radius 2 is 1.85 bits per heavy atom. The fourth-order valence-electron chi connectivity index (χ4n) is 5.21. The summed E-state index contributed by atoms with van der Waals surface area (Å²) in [5.41, 5.74) is 2.83. The topological polar surface area (TPSA) is 98.8 Å². The zero-order valence-electron chi connectivity index (χ0n) is 18.5. The number of rotatable bonds is 4. The molecule has 2 atom stereocenters. The van der Waals surface area contributed by atoms with Crippen molar-refractivity contribution >= 4 is 29.4 Å². The van der Waals surface area contributed by atoms with E-state index in [1.807, 2.05) is 30.3 Å². The van der Waals surface area contributed by atoms with Crippen LogP contribution in [0.4, 0.5) is 10.5 Å². The van der Waals surface area contributed by atoms with E-state index in [-0.39, 0.29) is 36.2 Å². The molecule has 0 aromatic heterocycles. The molecule has 0 saturated carbocycles. The molecule has 5 amide bonds. The third-order valence-corrected chi connectivity index (χ3v) is 7.15. The van der Waals surface area contributed by atoms with Crippen LogP contribution in [0.3, 0.4) is 0 Å². The summed E-state index contributed by atoms with van der Waals surface area (Å²) in [7, 11) is 1.63. The molecule has 8 heteroatoms. The van der Waals surface area contributed by atoms with Gasteiger partial charge in [-0.1, -0.05) is 36.4 Å². The van der Waals surface area contributed by atoms with Crippen LogP contribution in [-0.4, -0.2) is 59.2 Å². The molecule has 0 unspecified atom stereocenters. The molecule has 2 aromatic rings. The number of amides is 5. The van der Waals surface area contributed by atoms with Gasteiger partial charge < -0.3 is 15.1 Å². The van der Waals surface area contributed by atoms with Gasteiger partial charge in [0.15, 0.2) is 0 Å². The summed E-state index contributed by atoms with van der Waals surface area (Å²) in [5, 5.41) is 5.28. The van der Waals surface area contributed by atoms with E-state index in [0.29, 0.717) is 31.5 Å². The minimum absolute atomic E-state index is 0.00281. The predicted octanol–water partition coefficient (Wildman–Crippen LogP) is 2.05.